The molecule has 0 heterocycles. The van der Waals surface area contributed by atoms with Crippen molar-refractivity contribution in [2.45, 2.75) is 6.92 Å². The van der Waals surface area contributed by atoms with Gasteiger partial charge in [-0.1, -0.05) is 11.6 Å². The Balaban J connectivity index is 3.05. The molecule has 0 unspecified atom stereocenters. The normalized spacial score (nSPS) is 9.58. The summed E-state index contributed by atoms with van der Waals surface area (Å²) in [5, 5.41) is 0.642. The summed E-state index contributed by atoms with van der Waals surface area (Å²) in [7, 11) is 0. The molecule has 1 aromatic rings. The number of nitrogens with two attached hydrogens (primary N) is 1. The highest BCUT2D eigenvalue weighted by Crippen LogP contribution is 2.15. The molecule has 0 aliphatic heterocycles. The smallest absolute Gasteiger partial charge is 0.265 e. The van der Waals surface area contributed by atoms with Gasteiger partial charge in [-0.2, -0.15) is 0 Å². The average Bonchev–Trinajstić information content (AvgIpc) is 2.08. The molecule has 64 valence electrons. The molecular weight excluding hydrogens is 176 g/mol. The van der Waals surface area contributed by atoms with Crippen LogP contribution in [0, 0.1) is 6.92 Å². The number of halogens is 1. The Kier molecular flexibility index (Phi) is 2.68. The van der Waals surface area contributed by atoms with Gasteiger partial charge >= 0.3 is 0 Å². The standard InChI is InChI=1S/C8H9ClN2O/c1-5-4-6(8(12)11-10)2-3-7(5)9/h2-4H,10H2,1H3,(H,11,12). The molecular formula is C8H9ClN2O. The summed E-state index contributed by atoms with van der Waals surface area (Å²) in [4.78, 5) is 11.0. The van der Waals surface area contributed by atoms with E-state index in [4.69, 9.17) is 17.4 Å². The van der Waals surface area contributed by atoms with Crippen LogP contribution in [-0.4, -0.2) is 5.91 Å². The maximum atomic E-state index is 11.0. The first-order valence-electron chi connectivity index (χ1n) is 3.42. The lowest BCUT2D eigenvalue weighted by atomic mass is 10.1. The maximum absolute atomic E-state index is 11.0. The van der Waals surface area contributed by atoms with E-state index in [0.717, 1.165) is 5.56 Å². The van der Waals surface area contributed by atoms with Crippen LogP contribution in [0.15, 0.2) is 18.2 Å². The summed E-state index contributed by atoms with van der Waals surface area (Å²) in [6.07, 6.45) is 0. The van der Waals surface area contributed by atoms with E-state index in [1.54, 1.807) is 18.2 Å². The fourth-order valence-electron chi connectivity index (χ4n) is 0.869. The Bertz CT molecular complexity index is 312. The van der Waals surface area contributed by atoms with Gasteiger partial charge in [0.05, 0.1) is 0 Å². The van der Waals surface area contributed by atoms with Crippen molar-refractivity contribution in [3.63, 3.8) is 0 Å². The quantitative estimate of drug-likeness (QED) is 0.392. The van der Waals surface area contributed by atoms with E-state index in [9.17, 15) is 4.79 Å². The van der Waals surface area contributed by atoms with Crippen LogP contribution in [0.2, 0.25) is 5.02 Å². The maximum Gasteiger partial charge on any atom is 0.265 e. The van der Waals surface area contributed by atoms with Crippen LogP contribution < -0.4 is 11.3 Å². The lowest BCUT2D eigenvalue weighted by Gasteiger charge is -2.01. The summed E-state index contributed by atoms with van der Waals surface area (Å²) in [6.45, 7) is 1.83. The predicted molar refractivity (Wildman–Crippen MR) is 47.8 cm³/mol. The zero-order valence-electron chi connectivity index (χ0n) is 6.60. The highest BCUT2D eigenvalue weighted by Gasteiger charge is 2.03. The third kappa shape index (κ3) is 1.75. The van der Waals surface area contributed by atoms with Gasteiger partial charge in [0.25, 0.3) is 5.91 Å². The molecule has 0 spiro atoms. The van der Waals surface area contributed by atoms with E-state index in [1.165, 1.54) is 0 Å². The summed E-state index contributed by atoms with van der Waals surface area (Å²) in [6, 6.07) is 4.98. The molecule has 1 aromatic carbocycles. The number of nitrogen functional groups attached to an aromatic ring is 1. The van der Waals surface area contributed by atoms with E-state index >= 15 is 0 Å². The fourth-order valence-corrected chi connectivity index (χ4v) is 0.987. The number of carbonyl (C=O) groups excluding carboxylic acids is 1. The van der Waals surface area contributed by atoms with Crippen LogP contribution >= 0.6 is 11.6 Å². The van der Waals surface area contributed by atoms with Gasteiger partial charge in [-0.05, 0) is 30.7 Å². The number of aryl methyl sites for hydroxylation is 1. The zero-order valence-corrected chi connectivity index (χ0v) is 7.35. The Morgan fingerprint density at radius 2 is 2.25 bits per heavy atom. The van der Waals surface area contributed by atoms with Crippen LogP contribution in [0.3, 0.4) is 0 Å². The molecule has 3 nitrogen and oxygen atoms in total. The summed E-state index contributed by atoms with van der Waals surface area (Å²) < 4.78 is 0. The summed E-state index contributed by atoms with van der Waals surface area (Å²) in [5.41, 5.74) is 3.42. The van der Waals surface area contributed by atoms with Crippen molar-refractivity contribution in [2.75, 3.05) is 0 Å². The second kappa shape index (κ2) is 3.56. The van der Waals surface area contributed by atoms with Crippen LogP contribution in [0.1, 0.15) is 15.9 Å². The Morgan fingerprint density at radius 1 is 1.58 bits per heavy atom. The van der Waals surface area contributed by atoms with Crippen molar-refractivity contribution in [3.05, 3.63) is 34.3 Å². The number of nitrogens with one attached hydrogen (secondary N) is 1. The van der Waals surface area contributed by atoms with Gasteiger partial charge in [-0.3, -0.25) is 10.2 Å². The number of rotatable bonds is 1. The molecule has 0 saturated heterocycles. The van der Waals surface area contributed by atoms with Gasteiger partial charge in [0.2, 0.25) is 0 Å². The Labute approximate surface area is 75.5 Å². The molecule has 3 N–H and O–H groups in total. The molecule has 1 rings (SSSR count). The Morgan fingerprint density at radius 3 is 2.75 bits per heavy atom. The van der Waals surface area contributed by atoms with Crippen molar-refractivity contribution in [1.82, 2.24) is 5.43 Å². The zero-order chi connectivity index (χ0) is 9.14. The molecule has 0 radical (unpaired) electrons. The van der Waals surface area contributed by atoms with Crippen molar-refractivity contribution in [3.8, 4) is 0 Å². The molecule has 12 heavy (non-hydrogen) atoms. The lowest BCUT2D eigenvalue weighted by molar-refractivity contribution is 0.0953. The monoisotopic (exact) mass is 184 g/mol. The van der Waals surface area contributed by atoms with E-state index in [2.05, 4.69) is 0 Å². The van der Waals surface area contributed by atoms with Crippen molar-refractivity contribution < 1.29 is 4.79 Å². The first-order chi connectivity index (χ1) is 5.65. The van der Waals surface area contributed by atoms with E-state index in [1.807, 2.05) is 12.3 Å². The van der Waals surface area contributed by atoms with Crippen LogP contribution in [0.5, 0.6) is 0 Å². The molecule has 0 aliphatic carbocycles. The minimum atomic E-state index is -0.310. The van der Waals surface area contributed by atoms with Crippen LogP contribution in [0.4, 0.5) is 0 Å². The van der Waals surface area contributed by atoms with Crippen LogP contribution in [-0.2, 0) is 0 Å². The molecule has 0 saturated carbocycles. The second-order valence-corrected chi connectivity index (χ2v) is 2.84. The lowest BCUT2D eigenvalue weighted by Crippen LogP contribution is -2.29. The predicted octanol–water partition coefficient (Wildman–Crippen LogP) is 1.25. The SMILES string of the molecule is Cc1cc(C(=O)NN)ccc1Cl. The molecule has 0 aliphatic rings. The van der Waals surface area contributed by atoms with Gasteiger partial charge in [0, 0.05) is 10.6 Å². The highest BCUT2D eigenvalue weighted by atomic mass is 35.5. The number of hydrogen-bond donors (Lipinski definition) is 2. The number of hydrazine groups is 1. The minimum absolute atomic E-state index is 0.310. The fraction of sp³-hybridized carbons (Fsp3) is 0.125. The van der Waals surface area contributed by atoms with Crippen molar-refractivity contribution in [2.24, 2.45) is 5.84 Å². The topological polar surface area (TPSA) is 55.1 Å². The first-order valence-corrected chi connectivity index (χ1v) is 3.80. The van der Waals surface area contributed by atoms with Gasteiger partial charge in [-0.15, -0.1) is 0 Å². The molecule has 1 amide bonds. The molecule has 0 fully saturated rings. The highest BCUT2D eigenvalue weighted by molar-refractivity contribution is 6.31. The van der Waals surface area contributed by atoms with Gasteiger partial charge in [-0.25, -0.2) is 5.84 Å². The van der Waals surface area contributed by atoms with E-state index < -0.39 is 0 Å². The molecule has 4 heteroatoms. The largest absolute Gasteiger partial charge is 0.290 e. The number of hydrogen-bond acceptors (Lipinski definition) is 2. The van der Waals surface area contributed by atoms with Crippen molar-refractivity contribution >= 4 is 17.5 Å². The van der Waals surface area contributed by atoms with Gasteiger partial charge < -0.3 is 0 Å². The number of carbonyl (C=O) groups is 1. The van der Waals surface area contributed by atoms with Crippen LogP contribution in [0.25, 0.3) is 0 Å². The molecule has 0 aromatic heterocycles. The third-order valence-corrected chi connectivity index (χ3v) is 1.98. The minimum Gasteiger partial charge on any atom is -0.290 e. The second-order valence-electron chi connectivity index (χ2n) is 2.44. The Hall–Kier alpha value is -1.06. The first kappa shape index (κ1) is 9.03. The average molecular weight is 185 g/mol. The van der Waals surface area contributed by atoms with E-state index in [0.29, 0.717) is 10.6 Å². The molecule has 0 atom stereocenters. The number of amides is 1. The molecule has 0 bridgehead atoms. The number of benzene rings is 1. The third-order valence-electron chi connectivity index (χ3n) is 1.55. The van der Waals surface area contributed by atoms with Gasteiger partial charge in [0.1, 0.15) is 0 Å². The summed E-state index contributed by atoms with van der Waals surface area (Å²) in [5.74, 6) is 4.65. The van der Waals surface area contributed by atoms with E-state index in [-0.39, 0.29) is 5.91 Å². The summed E-state index contributed by atoms with van der Waals surface area (Å²) >= 11 is 5.77. The van der Waals surface area contributed by atoms with Gasteiger partial charge in [0.15, 0.2) is 0 Å². The van der Waals surface area contributed by atoms with Crippen molar-refractivity contribution in [1.29, 1.82) is 0 Å².